The van der Waals surface area contributed by atoms with Crippen molar-refractivity contribution >= 4 is 16.5 Å². The fourth-order valence-electron chi connectivity index (χ4n) is 4.22. The van der Waals surface area contributed by atoms with Gasteiger partial charge in [-0.05, 0) is 42.7 Å². The van der Waals surface area contributed by atoms with Crippen molar-refractivity contribution in [1.82, 2.24) is 9.55 Å². The Hall–Kier alpha value is -2.47. The summed E-state index contributed by atoms with van der Waals surface area (Å²) in [4.78, 5) is 19.3. The zero-order valence-electron chi connectivity index (χ0n) is 14.1. The molecule has 0 unspecified atom stereocenters. The summed E-state index contributed by atoms with van der Waals surface area (Å²) >= 11 is 1.63. The van der Waals surface area contributed by atoms with E-state index in [0.29, 0.717) is 11.8 Å². The predicted octanol–water partition coefficient (Wildman–Crippen LogP) is 3.73. The number of benzene rings is 1. The Balaban J connectivity index is 1.43. The van der Waals surface area contributed by atoms with Crippen LogP contribution in [0.15, 0.2) is 52.6 Å². The molecule has 0 N–H and O–H groups in total. The zero-order valence-corrected chi connectivity index (χ0v) is 15.0. The Labute approximate surface area is 154 Å². The van der Waals surface area contributed by atoms with Crippen molar-refractivity contribution in [1.29, 1.82) is 0 Å². The molecule has 0 aliphatic carbocycles. The maximum absolute atomic E-state index is 13.1. The van der Waals surface area contributed by atoms with Gasteiger partial charge < -0.3 is 9.47 Å². The summed E-state index contributed by atoms with van der Waals surface area (Å²) in [6.07, 6.45) is 1.14. The quantitative estimate of drug-likeness (QED) is 0.693. The molecule has 2 atom stereocenters. The van der Waals surface area contributed by atoms with Crippen molar-refractivity contribution in [3.05, 3.63) is 69.7 Å². The van der Waals surface area contributed by atoms with E-state index in [-0.39, 0.29) is 11.4 Å². The number of hydrogen-bond acceptors (Lipinski definition) is 4. The van der Waals surface area contributed by atoms with Crippen molar-refractivity contribution < 1.29 is 4.39 Å². The van der Waals surface area contributed by atoms with E-state index >= 15 is 0 Å². The average molecular weight is 367 g/mol. The number of hydrogen-bond donors (Lipinski definition) is 0. The van der Waals surface area contributed by atoms with Crippen LogP contribution in [0.4, 0.5) is 9.52 Å². The second kappa shape index (κ2) is 6.06. The van der Waals surface area contributed by atoms with Crippen LogP contribution in [0.1, 0.15) is 18.0 Å². The molecule has 2 aromatic heterocycles. The van der Waals surface area contributed by atoms with Gasteiger partial charge in [0, 0.05) is 48.3 Å². The summed E-state index contributed by atoms with van der Waals surface area (Å²) < 4.78 is 15.1. The number of nitrogens with zero attached hydrogens (tertiary/aromatic N) is 3. The first-order valence-corrected chi connectivity index (χ1v) is 9.71. The van der Waals surface area contributed by atoms with E-state index in [1.807, 2.05) is 16.0 Å². The first kappa shape index (κ1) is 15.8. The SMILES string of the molecule is O=c1cccc2n1C[C@@H]1C[C@@H]2CN(c2nc(-c3ccc(F)cc3)cs2)C1. The van der Waals surface area contributed by atoms with Gasteiger partial charge in [-0.2, -0.15) is 0 Å². The average Bonchev–Trinajstić information content (AvgIpc) is 3.13. The van der Waals surface area contributed by atoms with Crippen molar-refractivity contribution in [3.63, 3.8) is 0 Å². The Morgan fingerprint density at radius 2 is 1.92 bits per heavy atom. The maximum atomic E-state index is 13.1. The molecular weight excluding hydrogens is 349 g/mol. The first-order valence-electron chi connectivity index (χ1n) is 8.83. The Bertz CT molecular complexity index is 1010. The summed E-state index contributed by atoms with van der Waals surface area (Å²) in [7, 11) is 0. The number of aromatic nitrogens is 2. The van der Waals surface area contributed by atoms with Gasteiger partial charge in [-0.25, -0.2) is 9.37 Å². The topological polar surface area (TPSA) is 38.1 Å². The van der Waals surface area contributed by atoms with Crippen LogP contribution in [-0.4, -0.2) is 22.6 Å². The van der Waals surface area contributed by atoms with Gasteiger partial charge in [-0.3, -0.25) is 4.79 Å². The summed E-state index contributed by atoms with van der Waals surface area (Å²) in [5.41, 5.74) is 3.08. The molecule has 0 amide bonds. The monoisotopic (exact) mass is 367 g/mol. The van der Waals surface area contributed by atoms with Gasteiger partial charge in [0.25, 0.3) is 5.56 Å². The second-order valence-corrected chi connectivity index (χ2v) is 7.96. The van der Waals surface area contributed by atoms with Crippen LogP contribution in [0.3, 0.4) is 0 Å². The standard InChI is InChI=1S/C20H18FN3OS/c21-16-6-4-14(5-7-16)17-12-26-20(22-17)23-9-13-8-15(11-23)18-2-1-3-19(25)24(18)10-13/h1-7,12-13,15H,8-11H2/t13-,15-/m1/s1. The Kier molecular flexibility index (Phi) is 3.67. The fraction of sp³-hybridized carbons (Fsp3) is 0.300. The molecule has 1 aromatic carbocycles. The minimum Gasteiger partial charge on any atom is -0.347 e. The molecule has 5 rings (SSSR count). The number of piperidine rings is 1. The van der Waals surface area contributed by atoms with Crippen LogP contribution in [0, 0.1) is 11.7 Å². The predicted molar refractivity (Wildman–Crippen MR) is 101 cm³/mol. The van der Waals surface area contributed by atoms with E-state index < -0.39 is 0 Å². The normalized spacial score (nSPS) is 21.5. The summed E-state index contributed by atoms with van der Waals surface area (Å²) in [5.74, 6) is 0.607. The molecule has 132 valence electrons. The molecule has 2 aliphatic heterocycles. The molecule has 0 saturated carbocycles. The molecule has 2 bridgehead atoms. The van der Waals surface area contributed by atoms with Gasteiger partial charge in [-0.15, -0.1) is 11.3 Å². The highest BCUT2D eigenvalue weighted by Crippen LogP contribution is 2.38. The summed E-state index contributed by atoms with van der Waals surface area (Å²) in [6.45, 7) is 2.60. The lowest BCUT2D eigenvalue weighted by atomic mass is 9.83. The van der Waals surface area contributed by atoms with Crippen LogP contribution in [0.5, 0.6) is 0 Å². The van der Waals surface area contributed by atoms with E-state index in [0.717, 1.165) is 48.1 Å². The highest BCUT2D eigenvalue weighted by molar-refractivity contribution is 7.14. The first-order chi connectivity index (χ1) is 12.7. The Morgan fingerprint density at radius 1 is 1.08 bits per heavy atom. The third kappa shape index (κ3) is 2.65. The molecule has 0 spiro atoms. The van der Waals surface area contributed by atoms with Crippen molar-refractivity contribution in [2.45, 2.75) is 18.9 Å². The van der Waals surface area contributed by atoms with E-state index in [9.17, 15) is 9.18 Å². The lowest BCUT2D eigenvalue weighted by molar-refractivity contribution is 0.281. The largest absolute Gasteiger partial charge is 0.347 e. The number of rotatable bonds is 2. The lowest BCUT2D eigenvalue weighted by Crippen LogP contribution is -2.47. The van der Waals surface area contributed by atoms with E-state index in [4.69, 9.17) is 4.98 Å². The number of halogens is 1. The summed E-state index contributed by atoms with van der Waals surface area (Å²) in [6, 6.07) is 12.1. The molecule has 2 aliphatic rings. The van der Waals surface area contributed by atoms with Gasteiger partial charge in [0.15, 0.2) is 5.13 Å². The molecule has 0 radical (unpaired) electrons. The van der Waals surface area contributed by atoms with Gasteiger partial charge in [0.05, 0.1) is 5.69 Å². The highest BCUT2D eigenvalue weighted by Gasteiger charge is 2.35. The third-order valence-corrected chi connectivity index (χ3v) is 6.28. The van der Waals surface area contributed by atoms with Gasteiger partial charge >= 0.3 is 0 Å². The van der Waals surface area contributed by atoms with Gasteiger partial charge in [-0.1, -0.05) is 6.07 Å². The maximum Gasteiger partial charge on any atom is 0.250 e. The smallest absolute Gasteiger partial charge is 0.250 e. The second-order valence-electron chi connectivity index (χ2n) is 7.13. The van der Waals surface area contributed by atoms with Crippen LogP contribution >= 0.6 is 11.3 Å². The molecular formula is C20H18FN3OS. The molecule has 6 heteroatoms. The lowest BCUT2D eigenvalue weighted by Gasteiger charge is -2.42. The molecule has 4 nitrogen and oxygen atoms in total. The van der Waals surface area contributed by atoms with E-state index in [1.54, 1.807) is 29.5 Å². The number of fused-ring (bicyclic) bond motifs is 4. The third-order valence-electron chi connectivity index (χ3n) is 5.38. The van der Waals surface area contributed by atoms with Crippen LogP contribution in [-0.2, 0) is 6.54 Å². The summed E-state index contributed by atoms with van der Waals surface area (Å²) in [5, 5.41) is 3.04. The molecule has 4 heterocycles. The highest BCUT2D eigenvalue weighted by atomic mass is 32.1. The van der Waals surface area contributed by atoms with Crippen LogP contribution < -0.4 is 10.5 Å². The van der Waals surface area contributed by atoms with Gasteiger partial charge in [0.1, 0.15) is 5.82 Å². The van der Waals surface area contributed by atoms with Crippen molar-refractivity contribution in [3.8, 4) is 11.3 Å². The zero-order chi connectivity index (χ0) is 17.7. The van der Waals surface area contributed by atoms with E-state index in [1.165, 1.54) is 12.1 Å². The Morgan fingerprint density at radius 3 is 2.77 bits per heavy atom. The number of anilines is 1. The van der Waals surface area contributed by atoms with Crippen molar-refractivity contribution in [2.75, 3.05) is 18.0 Å². The molecule has 3 aromatic rings. The number of pyridine rings is 1. The fourth-order valence-corrected chi connectivity index (χ4v) is 5.07. The number of thiazole rings is 1. The van der Waals surface area contributed by atoms with Crippen LogP contribution in [0.2, 0.25) is 0 Å². The van der Waals surface area contributed by atoms with Crippen LogP contribution in [0.25, 0.3) is 11.3 Å². The molecule has 1 fully saturated rings. The minimum atomic E-state index is -0.234. The van der Waals surface area contributed by atoms with Gasteiger partial charge in [0.2, 0.25) is 0 Å². The van der Waals surface area contributed by atoms with E-state index in [2.05, 4.69) is 11.0 Å². The van der Waals surface area contributed by atoms with Crippen molar-refractivity contribution in [2.24, 2.45) is 5.92 Å². The minimum absolute atomic E-state index is 0.110. The molecule has 26 heavy (non-hydrogen) atoms. The molecule has 1 saturated heterocycles.